The molecule has 3 unspecified atom stereocenters. The zero-order chi connectivity index (χ0) is 12.9. The largest absolute Gasteiger partial charge is 0.0851 e. The Kier molecular flexibility index (Phi) is 2.62. The van der Waals surface area contributed by atoms with Gasteiger partial charge in [-0.25, -0.2) is 0 Å². The van der Waals surface area contributed by atoms with Gasteiger partial charge in [0.1, 0.15) is 0 Å². The minimum absolute atomic E-state index is 0.635. The fourth-order valence-electron chi connectivity index (χ4n) is 5.02. The molecule has 2 bridgehead atoms. The molecular weight excluding hydrogens is 228 g/mol. The maximum atomic E-state index is 2.54. The van der Waals surface area contributed by atoms with Crippen LogP contribution < -0.4 is 0 Å². The van der Waals surface area contributed by atoms with Gasteiger partial charge in [-0.15, -0.1) is 0 Å². The monoisotopic (exact) mass is 252 g/mol. The first-order valence-corrected chi connectivity index (χ1v) is 8.09. The van der Waals surface area contributed by atoms with Crippen molar-refractivity contribution in [2.45, 2.75) is 51.9 Å². The summed E-state index contributed by atoms with van der Waals surface area (Å²) in [6.07, 6.45) is 14.6. The summed E-state index contributed by atoms with van der Waals surface area (Å²) in [6.45, 7) is 2.30. The van der Waals surface area contributed by atoms with Crippen molar-refractivity contribution in [2.75, 3.05) is 0 Å². The number of benzene rings is 1. The predicted molar refractivity (Wildman–Crippen MR) is 80.2 cm³/mol. The normalized spacial score (nSPS) is 35.0. The van der Waals surface area contributed by atoms with Gasteiger partial charge in [-0.3, -0.25) is 0 Å². The van der Waals surface area contributed by atoms with E-state index in [2.05, 4.69) is 37.3 Å². The maximum absolute atomic E-state index is 2.54. The standard InChI is InChI=1S/C19H24/c1-2-4-15-5-3-6-16-9-10-19(13-18(15)16)12-14-7-8-17(19)11-14/h3,5-8,14,17H,2,4,9-13H2,1H3. The predicted octanol–water partition coefficient (Wildman–Crippen LogP) is 4.71. The summed E-state index contributed by atoms with van der Waals surface area (Å²) in [4.78, 5) is 0. The molecule has 3 aliphatic carbocycles. The number of fused-ring (bicyclic) bond motifs is 4. The average molecular weight is 252 g/mol. The van der Waals surface area contributed by atoms with E-state index in [1.54, 1.807) is 16.7 Å². The van der Waals surface area contributed by atoms with Crippen molar-refractivity contribution in [1.82, 2.24) is 0 Å². The van der Waals surface area contributed by atoms with E-state index in [9.17, 15) is 0 Å². The molecular formula is C19H24. The van der Waals surface area contributed by atoms with Crippen LogP contribution in [0.1, 0.15) is 49.3 Å². The third-order valence-electron chi connectivity index (χ3n) is 5.94. The zero-order valence-electron chi connectivity index (χ0n) is 12.0. The van der Waals surface area contributed by atoms with E-state index >= 15 is 0 Å². The summed E-state index contributed by atoms with van der Waals surface area (Å²) in [5.41, 5.74) is 5.67. The summed E-state index contributed by atoms with van der Waals surface area (Å²) in [5.74, 6) is 1.80. The second-order valence-electron chi connectivity index (χ2n) is 7.04. The highest BCUT2D eigenvalue weighted by atomic mass is 14.5. The van der Waals surface area contributed by atoms with Gasteiger partial charge in [-0.05, 0) is 72.5 Å². The van der Waals surface area contributed by atoms with Crippen LogP contribution >= 0.6 is 0 Å². The van der Waals surface area contributed by atoms with Gasteiger partial charge in [0.25, 0.3) is 0 Å². The van der Waals surface area contributed by atoms with E-state index in [0.29, 0.717) is 5.41 Å². The Morgan fingerprint density at radius 2 is 2.21 bits per heavy atom. The molecule has 0 saturated heterocycles. The quantitative estimate of drug-likeness (QED) is 0.669. The van der Waals surface area contributed by atoms with Gasteiger partial charge in [-0.1, -0.05) is 43.7 Å². The molecule has 19 heavy (non-hydrogen) atoms. The summed E-state index contributed by atoms with van der Waals surface area (Å²) < 4.78 is 0. The highest BCUT2D eigenvalue weighted by Gasteiger charge is 2.49. The van der Waals surface area contributed by atoms with Crippen molar-refractivity contribution in [3.05, 3.63) is 47.0 Å². The molecule has 0 N–H and O–H groups in total. The Bertz CT molecular complexity index is 525. The third kappa shape index (κ3) is 1.72. The minimum Gasteiger partial charge on any atom is -0.0851 e. The number of hydrogen-bond acceptors (Lipinski definition) is 0. The third-order valence-corrected chi connectivity index (χ3v) is 5.94. The fraction of sp³-hybridized carbons (Fsp3) is 0.579. The van der Waals surface area contributed by atoms with Crippen LogP contribution in [-0.2, 0) is 19.3 Å². The Hall–Kier alpha value is -1.04. The SMILES string of the molecule is CCCc1cccc2c1CC1(CC2)CC2C=CC1C2. The molecule has 1 aromatic carbocycles. The Morgan fingerprint density at radius 1 is 1.26 bits per heavy atom. The Labute approximate surface area is 116 Å². The van der Waals surface area contributed by atoms with Crippen molar-refractivity contribution < 1.29 is 0 Å². The molecule has 3 atom stereocenters. The number of hydrogen-bond donors (Lipinski definition) is 0. The maximum Gasteiger partial charge on any atom is -0.0168 e. The van der Waals surface area contributed by atoms with Crippen LogP contribution in [0.25, 0.3) is 0 Å². The lowest BCUT2D eigenvalue weighted by molar-refractivity contribution is 0.194. The van der Waals surface area contributed by atoms with Gasteiger partial charge in [0.2, 0.25) is 0 Å². The van der Waals surface area contributed by atoms with E-state index in [1.807, 2.05) is 0 Å². The Morgan fingerprint density at radius 3 is 2.95 bits per heavy atom. The second kappa shape index (κ2) is 4.23. The van der Waals surface area contributed by atoms with Crippen LogP contribution in [-0.4, -0.2) is 0 Å². The molecule has 3 aliphatic rings. The number of allylic oxidation sites excluding steroid dienone is 2. The minimum atomic E-state index is 0.635. The highest BCUT2D eigenvalue weighted by Crippen LogP contribution is 2.58. The molecule has 0 amide bonds. The summed E-state index contributed by atoms with van der Waals surface area (Å²) in [7, 11) is 0. The summed E-state index contributed by atoms with van der Waals surface area (Å²) in [5, 5.41) is 0. The van der Waals surface area contributed by atoms with Crippen LogP contribution in [0, 0.1) is 17.3 Å². The molecule has 0 heteroatoms. The van der Waals surface area contributed by atoms with E-state index < -0.39 is 0 Å². The van der Waals surface area contributed by atoms with Gasteiger partial charge in [0, 0.05) is 0 Å². The molecule has 4 rings (SSSR count). The van der Waals surface area contributed by atoms with Crippen LogP contribution in [0.2, 0.25) is 0 Å². The lowest BCUT2D eigenvalue weighted by Gasteiger charge is -2.41. The molecule has 100 valence electrons. The molecule has 1 saturated carbocycles. The number of rotatable bonds is 2. The van der Waals surface area contributed by atoms with Crippen LogP contribution in [0.4, 0.5) is 0 Å². The first kappa shape index (κ1) is 11.8. The highest BCUT2D eigenvalue weighted by molar-refractivity contribution is 5.40. The first-order valence-electron chi connectivity index (χ1n) is 8.09. The lowest BCUT2D eigenvalue weighted by Crippen LogP contribution is -2.33. The van der Waals surface area contributed by atoms with E-state index in [0.717, 1.165) is 11.8 Å². The average Bonchev–Trinajstić information content (AvgIpc) is 3.01. The van der Waals surface area contributed by atoms with E-state index in [-0.39, 0.29) is 0 Å². The summed E-state index contributed by atoms with van der Waals surface area (Å²) >= 11 is 0. The molecule has 0 aliphatic heterocycles. The van der Waals surface area contributed by atoms with Crippen molar-refractivity contribution in [3.8, 4) is 0 Å². The molecule has 0 radical (unpaired) electrons. The van der Waals surface area contributed by atoms with Crippen LogP contribution in [0.3, 0.4) is 0 Å². The van der Waals surface area contributed by atoms with Crippen LogP contribution in [0.5, 0.6) is 0 Å². The molecule has 0 nitrogen and oxygen atoms in total. The fourth-order valence-corrected chi connectivity index (χ4v) is 5.02. The van der Waals surface area contributed by atoms with Gasteiger partial charge in [0.15, 0.2) is 0 Å². The molecule has 1 fully saturated rings. The van der Waals surface area contributed by atoms with E-state index in [4.69, 9.17) is 0 Å². The molecule has 0 heterocycles. The van der Waals surface area contributed by atoms with Crippen molar-refractivity contribution in [1.29, 1.82) is 0 Å². The lowest BCUT2D eigenvalue weighted by atomic mass is 9.64. The molecule has 0 aromatic heterocycles. The molecule has 1 aromatic rings. The van der Waals surface area contributed by atoms with Gasteiger partial charge < -0.3 is 0 Å². The van der Waals surface area contributed by atoms with Crippen LogP contribution in [0.15, 0.2) is 30.4 Å². The summed E-state index contributed by atoms with van der Waals surface area (Å²) in [6, 6.07) is 7.04. The topological polar surface area (TPSA) is 0 Å². The number of aryl methyl sites for hydroxylation is 2. The zero-order valence-corrected chi connectivity index (χ0v) is 12.0. The molecule has 1 spiro atoms. The van der Waals surface area contributed by atoms with Crippen molar-refractivity contribution in [3.63, 3.8) is 0 Å². The van der Waals surface area contributed by atoms with Crippen molar-refractivity contribution >= 4 is 0 Å². The Balaban J connectivity index is 1.71. The van der Waals surface area contributed by atoms with Gasteiger partial charge >= 0.3 is 0 Å². The first-order chi connectivity index (χ1) is 9.31. The van der Waals surface area contributed by atoms with E-state index in [1.165, 1.54) is 44.9 Å². The second-order valence-corrected chi connectivity index (χ2v) is 7.04. The van der Waals surface area contributed by atoms with Crippen molar-refractivity contribution in [2.24, 2.45) is 17.3 Å². The smallest absolute Gasteiger partial charge is 0.0168 e. The van der Waals surface area contributed by atoms with Gasteiger partial charge in [0.05, 0.1) is 0 Å². The van der Waals surface area contributed by atoms with Gasteiger partial charge in [-0.2, -0.15) is 0 Å².